The lowest BCUT2D eigenvalue weighted by molar-refractivity contribution is -0.139. The van der Waals surface area contributed by atoms with Gasteiger partial charge in [-0.3, -0.25) is 0 Å². The minimum Gasteiger partial charge on any atom is -0.508 e. The van der Waals surface area contributed by atoms with Crippen molar-refractivity contribution < 1.29 is 24.5 Å². The molecule has 1 atom stereocenters. The molecule has 3 N–H and O–H groups in total. The molecule has 0 saturated carbocycles. The van der Waals surface area contributed by atoms with Gasteiger partial charge in [0.1, 0.15) is 18.4 Å². The van der Waals surface area contributed by atoms with Crippen molar-refractivity contribution in [1.29, 1.82) is 0 Å². The fourth-order valence-corrected chi connectivity index (χ4v) is 4.33. The second kappa shape index (κ2) is 9.36. The minimum absolute atomic E-state index is 0.0000120. The van der Waals surface area contributed by atoms with E-state index in [9.17, 15) is 19.8 Å². The first-order chi connectivity index (χ1) is 15.8. The molecule has 0 heterocycles. The molecule has 6 nitrogen and oxygen atoms in total. The van der Waals surface area contributed by atoms with Crippen molar-refractivity contribution in [1.82, 2.24) is 5.32 Å². The highest BCUT2D eigenvalue weighted by molar-refractivity contribution is 5.81. The molecule has 33 heavy (non-hydrogen) atoms. The summed E-state index contributed by atoms with van der Waals surface area (Å²) >= 11 is 0. The van der Waals surface area contributed by atoms with Gasteiger partial charge in [-0.25, -0.2) is 9.59 Å². The molecule has 0 bridgehead atoms. The number of phenolic OH excluding ortho intramolecular Hbond substituents is 1. The number of carbonyl (C=O) groups excluding carboxylic acids is 1. The van der Waals surface area contributed by atoms with Crippen molar-refractivity contribution in [3.8, 4) is 16.9 Å². The predicted molar refractivity (Wildman–Crippen MR) is 126 cm³/mol. The van der Waals surface area contributed by atoms with E-state index >= 15 is 0 Å². The normalized spacial score (nSPS) is 13.3. The number of carboxylic acid groups (broad SMARTS) is 1. The Labute approximate surface area is 192 Å². The third-order valence-electron chi connectivity index (χ3n) is 6.13. The van der Waals surface area contributed by atoms with Crippen LogP contribution < -0.4 is 5.32 Å². The average molecular weight is 446 g/mol. The van der Waals surface area contributed by atoms with Gasteiger partial charge >= 0.3 is 12.1 Å². The fourth-order valence-electron chi connectivity index (χ4n) is 4.33. The summed E-state index contributed by atoms with van der Waals surface area (Å²) in [5.41, 5.74) is 5.84. The van der Waals surface area contributed by atoms with Gasteiger partial charge in [-0.1, -0.05) is 74.5 Å². The molecule has 1 unspecified atom stereocenters. The fraction of sp³-hybridized carbons (Fsp3) is 0.259. The van der Waals surface area contributed by atoms with E-state index < -0.39 is 18.1 Å². The van der Waals surface area contributed by atoms with Gasteiger partial charge in [0.05, 0.1) is 0 Å². The Morgan fingerprint density at radius 2 is 1.58 bits per heavy atom. The van der Waals surface area contributed by atoms with E-state index in [-0.39, 0.29) is 30.6 Å². The third kappa shape index (κ3) is 4.70. The van der Waals surface area contributed by atoms with Crippen LogP contribution in [0.1, 0.15) is 47.9 Å². The number of hydrogen-bond donors (Lipinski definition) is 3. The zero-order valence-electron chi connectivity index (χ0n) is 18.6. The van der Waals surface area contributed by atoms with Crippen LogP contribution in [0.15, 0.2) is 66.7 Å². The Bertz CT molecular complexity index is 1140. The molecule has 0 saturated heterocycles. The molecule has 1 aliphatic carbocycles. The number of nitrogens with one attached hydrogen (secondary N) is 1. The summed E-state index contributed by atoms with van der Waals surface area (Å²) in [5.74, 6) is -1.08. The van der Waals surface area contributed by atoms with Gasteiger partial charge in [-0.15, -0.1) is 0 Å². The number of alkyl carbamates (subject to hydrolysis) is 1. The van der Waals surface area contributed by atoms with E-state index in [0.29, 0.717) is 5.56 Å². The Hall–Kier alpha value is -3.80. The van der Waals surface area contributed by atoms with E-state index in [1.807, 2.05) is 62.4 Å². The number of fused-ring (bicyclic) bond motifs is 3. The van der Waals surface area contributed by atoms with Crippen LogP contribution in [0.3, 0.4) is 0 Å². The number of carbonyl (C=O) groups is 2. The summed E-state index contributed by atoms with van der Waals surface area (Å²) in [6, 6.07) is 19.9. The summed E-state index contributed by atoms with van der Waals surface area (Å²) in [5, 5.41) is 22.3. The smallest absolute Gasteiger partial charge is 0.407 e. The number of aliphatic carboxylic acids is 1. The molecule has 3 aromatic carbocycles. The van der Waals surface area contributed by atoms with Gasteiger partial charge in [0.2, 0.25) is 0 Å². The Kier molecular flexibility index (Phi) is 6.36. The first-order valence-electron chi connectivity index (χ1n) is 11.0. The van der Waals surface area contributed by atoms with E-state index in [1.165, 1.54) is 0 Å². The van der Waals surface area contributed by atoms with Crippen LogP contribution in [0.25, 0.3) is 11.1 Å². The van der Waals surface area contributed by atoms with Crippen LogP contribution in [-0.2, 0) is 16.0 Å². The maximum absolute atomic E-state index is 12.5. The maximum Gasteiger partial charge on any atom is 0.407 e. The van der Waals surface area contributed by atoms with E-state index in [1.54, 1.807) is 18.2 Å². The second-order valence-electron chi connectivity index (χ2n) is 8.61. The van der Waals surface area contributed by atoms with Crippen molar-refractivity contribution in [3.05, 3.63) is 89.0 Å². The molecule has 1 aliphatic rings. The van der Waals surface area contributed by atoms with Crippen LogP contribution in [0, 0.1) is 0 Å². The molecule has 0 aliphatic heterocycles. The molecule has 0 fully saturated rings. The van der Waals surface area contributed by atoms with Gasteiger partial charge in [0.25, 0.3) is 0 Å². The molecule has 6 heteroatoms. The lowest BCUT2D eigenvalue weighted by atomic mass is 9.97. The number of aromatic hydroxyl groups is 1. The van der Waals surface area contributed by atoms with E-state index in [0.717, 1.165) is 27.8 Å². The quantitative estimate of drug-likeness (QED) is 0.473. The second-order valence-corrected chi connectivity index (χ2v) is 8.61. The van der Waals surface area contributed by atoms with Crippen LogP contribution in [0.2, 0.25) is 0 Å². The highest BCUT2D eigenvalue weighted by atomic mass is 16.5. The first-order valence-corrected chi connectivity index (χ1v) is 11.0. The van der Waals surface area contributed by atoms with Crippen molar-refractivity contribution in [2.45, 2.75) is 38.1 Å². The lowest BCUT2D eigenvalue weighted by Gasteiger charge is -2.18. The van der Waals surface area contributed by atoms with Gasteiger partial charge in [0, 0.05) is 12.3 Å². The largest absolute Gasteiger partial charge is 0.508 e. The average Bonchev–Trinajstić information content (AvgIpc) is 3.12. The van der Waals surface area contributed by atoms with Crippen LogP contribution in [0.4, 0.5) is 4.79 Å². The van der Waals surface area contributed by atoms with E-state index in [2.05, 4.69) is 5.32 Å². The molecule has 3 aromatic rings. The zero-order valence-corrected chi connectivity index (χ0v) is 18.6. The van der Waals surface area contributed by atoms with Crippen LogP contribution >= 0.6 is 0 Å². The number of phenols is 1. The van der Waals surface area contributed by atoms with Crippen LogP contribution in [-0.4, -0.2) is 34.9 Å². The monoisotopic (exact) mass is 445 g/mol. The molecule has 0 aromatic heterocycles. The molecule has 170 valence electrons. The molecular formula is C27H27NO5. The number of amides is 1. The van der Waals surface area contributed by atoms with Gasteiger partial charge < -0.3 is 20.3 Å². The highest BCUT2D eigenvalue weighted by Gasteiger charge is 2.30. The molecular weight excluding hydrogens is 418 g/mol. The van der Waals surface area contributed by atoms with Gasteiger partial charge in [-0.2, -0.15) is 0 Å². The number of carboxylic acids is 1. The molecule has 1 amide bonds. The molecule has 0 radical (unpaired) electrons. The van der Waals surface area contributed by atoms with E-state index in [4.69, 9.17) is 4.74 Å². The van der Waals surface area contributed by atoms with Crippen molar-refractivity contribution in [3.63, 3.8) is 0 Å². The van der Waals surface area contributed by atoms with Crippen molar-refractivity contribution in [2.24, 2.45) is 0 Å². The van der Waals surface area contributed by atoms with Gasteiger partial charge in [-0.05, 0) is 45.4 Å². The molecule has 4 rings (SSSR count). The SMILES string of the molecule is CC(C)c1ccc(O)c(CC(NC(=O)OCC2c3ccccc3-c3ccccc32)C(=O)O)c1. The zero-order chi connectivity index (χ0) is 23.5. The first kappa shape index (κ1) is 22.4. The van der Waals surface area contributed by atoms with Gasteiger partial charge in [0.15, 0.2) is 0 Å². The number of hydrogen-bond acceptors (Lipinski definition) is 4. The predicted octanol–water partition coefficient (Wildman–Crippen LogP) is 5.05. The number of benzene rings is 3. The van der Waals surface area contributed by atoms with Crippen molar-refractivity contribution in [2.75, 3.05) is 6.61 Å². The summed E-state index contributed by atoms with van der Waals surface area (Å²) in [4.78, 5) is 24.3. The molecule has 0 spiro atoms. The summed E-state index contributed by atoms with van der Waals surface area (Å²) in [6.07, 6.45) is -0.852. The highest BCUT2D eigenvalue weighted by Crippen LogP contribution is 2.44. The lowest BCUT2D eigenvalue weighted by Crippen LogP contribution is -2.43. The number of ether oxygens (including phenoxy) is 1. The Morgan fingerprint density at radius 1 is 0.970 bits per heavy atom. The Balaban J connectivity index is 1.45. The van der Waals surface area contributed by atoms with Crippen LogP contribution in [0.5, 0.6) is 5.75 Å². The number of rotatable bonds is 7. The minimum atomic E-state index is -1.23. The standard InChI is InChI=1S/C27H27NO5/c1-16(2)17-11-12-25(29)18(13-17)14-24(26(30)31)28-27(32)33-15-23-21-9-5-3-7-19(21)20-8-4-6-10-22(20)23/h3-13,16,23-24,29H,14-15H2,1-2H3,(H,28,32)(H,30,31). The topological polar surface area (TPSA) is 95.9 Å². The maximum atomic E-state index is 12.5. The Morgan fingerprint density at radius 3 is 2.15 bits per heavy atom. The summed E-state index contributed by atoms with van der Waals surface area (Å²) in [6.45, 7) is 4.12. The summed E-state index contributed by atoms with van der Waals surface area (Å²) in [7, 11) is 0. The summed E-state index contributed by atoms with van der Waals surface area (Å²) < 4.78 is 5.47. The third-order valence-corrected chi connectivity index (χ3v) is 6.13. The van der Waals surface area contributed by atoms with Crippen molar-refractivity contribution >= 4 is 12.1 Å².